The molecule has 2 nitrogen and oxygen atoms in total. The van der Waals surface area contributed by atoms with Crippen molar-refractivity contribution < 1.29 is 22.7 Å². The van der Waals surface area contributed by atoms with Crippen LogP contribution in [0.25, 0.3) is 0 Å². The number of esters is 1. The van der Waals surface area contributed by atoms with Crippen LogP contribution in [0.4, 0.5) is 13.2 Å². The zero-order chi connectivity index (χ0) is 12.8. The Morgan fingerprint density at radius 1 is 1.18 bits per heavy atom. The van der Waals surface area contributed by atoms with E-state index < -0.39 is 26.0 Å². The van der Waals surface area contributed by atoms with Gasteiger partial charge in [0, 0.05) is 11.6 Å². The van der Waals surface area contributed by atoms with Gasteiger partial charge in [-0.2, -0.15) is 0 Å². The molecule has 0 radical (unpaired) electrons. The van der Waals surface area contributed by atoms with E-state index in [2.05, 4.69) is 6.58 Å². The lowest BCUT2D eigenvalue weighted by atomic mass is 10.0. The number of carbonyl (C=O) groups is 1. The van der Waals surface area contributed by atoms with Crippen LogP contribution in [0.2, 0.25) is 0 Å². The van der Waals surface area contributed by atoms with E-state index in [9.17, 15) is 18.0 Å². The van der Waals surface area contributed by atoms with Gasteiger partial charge < -0.3 is 4.74 Å². The summed E-state index contributed by atoms with van der Waals surface area (Å²) in [5, 5.41) is 0. The van der Waals surface area contributed by atoms with Crippen LogP contribution in [-0.2, 0) is 24.8 Å². The number of rotatable bonds is 5. The van der Waals surface area contributed by atoms with Crippen LogP contribution in [0.1, 0.15) is 16.7 Å². The molecule has 0 aliphatic heterocycles. The molecule has 0 aromatic heterocycles. The molecule has 0 unspecified atom stereocenters. The molecule has 0 amide bonds. The van der Waals surface area contributed by atoms with Crippen LogP contribution in [0.15, 0.2) is 24.8 Å². The Labute approximate surface area is 96.7 Å². The van der Waals surface area contributed by atoms with Crippen molar-refractivity contribution in [2.75, 3.05) is 0 Å². The Kier molecular flexibility index (Phi) is 4.75. The Balaban J connectivity index is 3.22. The molecule has 17 heavy (non-hydrogen) atoms. The van der Waals surface area contributed by atoms with E-state index in [1.165, 1.54) is 12.1 Å². The molecule has 0 N–H and O–H groups in total. The maximum atomic E-state index is 12.8. The summed E-state index contributed by atoms with van der Waals surface area (Å²) in [6, 6.07) is 2.50. The highest BCUT2D eigenvalue weighted by molar-refractivity contribution is 5.83. The minimum atomic E-state index is -1.03. The highest BCUT2D eigenvalue weighted by atomic mass is 19.1. The molecule has 0 saturated heterocycles. The first-order chi connectivity index (χ1) is 8.17. The topological polar surface area (TPSA) is 26.3 Å². The molecule has 0 aliphatic carbocycles. The van der Waals surface area contributed by atoms with Gasteiger partial charge >= 0.3 is 5.97 Å². The van der Waals surface area contributed by atoms with E-state index in [1.54, 1.807) is 0 Å². The maximum Gasteiger partial charge on any atom is 0.335 e. The van der Waals surface area contributed by atoms with Crippen molar-refractivity contribution >= 4 is 5.97 Å². The highest BCUT2D eigenvalue weighted by Gasteiger charge is 2.15. The van der Waals surface area contributed by atoms with Gasteiger partial charge in [0.05, 0.1) is 0 Å². The summed E-state index contributed by atoms with van der Waals surface area (Å²) in [6.45, 7) is 0.235. The molecule has 0 heterocycles. The minimum absolute atomic E-state index is 0.0542. The second kappa shape index (κ2) is 6.08. The van der Waals surface area contributed by atoms with Crippen molar-refractivity contribution in [1.29, 1.82) is 0 Å². The first kappa shape index (κ1) is 13.3. The van der Waals surface area contributed by atoms with Crippen LogP contribution in [0.3, 0.4) is 0 Å². The molecule has 92 valence electrons. The molecule has 1 rings (SSSR count). The van der Waals surface area contributed by atoms with Gasteiger partial charge in [-0.1, -0.05) is 12.6 Å². The number of hydrogen-bond donors (Lipinski definition) is 0. The lowest BCUT2D eigenvalue weighted by Gasteiger charge is -2.12. The zero-order valence-electron chi connectivity index (χ0n) is 9.01. The predicted molar refractivity (Wildman–Crippen MR) is 56.7 cm³/mol. The second-order valence-corrected chi connectivity index (χ2v) is 3.21. The van der Waals surface area contributed by atoms with Crippen LogP contribution in [-0.4, -0.2) is 5.97 Å². The van der Waals surface area contributed by atoms with Crippen molar-refractivity contribution in [2.45, 2.75) is 20.0 Å². The molecule has 5 heteroatoms. The van der Waals surface area contributed by atoms with Crippen molar-refractivity contribution in [2.24, 2.45) is 0 Å². The number of benzene rings is 1. The number of ether oxygens (including phenoxy) is 1. The van der Waals surface area contributed by atoms with E-state index in [0.717, 1.165) is 6.08 Å². The molecular formula is C12H11F3O2. The molecule has 1 aromatic rings. The van der Waals surface area contributed by atoms with Crippen LogP contribution in [0.5, 0.6) is 5.75 Å². The van der Waals surface area contributed by atoms with Crippen molar-refractivity contribution in [3.63, 3.8) is 0 Å². The van der Waals surface area contributed by atoms with Gasteiger partial charge in [-0.05, 0) is 17.2 Å². The summed E-state index contributed by atoms with van der Waals surface area (Å²) < 4.78 is 42.8. The average molecular weight is 244 g/mol. The first-order valence-corrected chi connectivity index (χ1v) is 4.83. The van der Waals surface area contributed by atoms with Crippen LogP contribution in [0, 0.1) is 0 Å². The molecule has 0 fully saturated rings. The van der Waals surface area contributed by atoms with E-state index in [-0.39, 0.29) is 22.4 Å². The number of hydrogen-bond acceptors (Lipinski definition) is 2. The van der Waals surface area contributed by atoms with Crippen molar-refractivity contribution in [3.05, 3.63) is 41.5 Å². The summed E-state index contributed by atoms with van der Waals surface area (Å²) in [5.74, 6) is -0.889. The highest BCUT2D eigenvalue weighted by Crippen LogP contribution is 2.28. The third-order valence-electron chi connectivity index (χ3n) is 2.27. The van der Waals surface area contributed by atoms with E-state index in [0.29, 0.717) is 0 Å². The SMILES string of the molecule is C=CC(=O)Oc1ccc(CF)c(CF)c1CF. The summed E-state index contributed by atoms with van der Waals surface area (Å²) in [6.07, 6.45) is 0.903. The third-order valence-corrected chi connectivity index (χ3v) is 2.27. The molecule has 0 spiro atoms. The smallest absolute Gasteiger partial charge is 0.335 e. The largest absolute Gasteiger partial charge is 0.423 e. The summed E-state index contributed by atoms with van der Waals surface area (Å²) in [5.41, 5.74) is -0.194. The summed E-state index contributed by atoms with van der Waals surface area (Å²) >= 11 is 0. The molecular weight excluding hydrogens is 233 g/mol. The number of alkyl halides is 3. The molecule has 0 bridgehead atoms. The van der Waals surface area contributed by atoms with E-state index in [1.807, 2.05) is 0 Å². The van der Waals surface area contributed by atoms with Gasteiger partial charge in [0.25, 0.3) is 0 Å². The quantitative estimate of drug-likeness (QED) is 0.451. The lowest BCUT2D eigenvalue weighted by Crippen LogP contribution is -2.07. The van der Waals surface area contributed by atoms with Gasteiger partial charge in [0.1, 0.15) is 25.8 Å². The fraction of sp³-hybridized carbons (Fsp3) is 0.250. The van der Waals surface area contributed by atoms with Gasteiger partial charge in [0.15, 0.2) is 0 Å². The fourth-order valence-electron chi connectivity index (χ4n) is 1.40. The predicted octanol–water partition coefficient (Wildman–Crippen LogP) is 3.19. The second-order valence-electron chi connectivity index (χ2n) is 3.21. The van der Waals surface area contributed by atoms with Crippen molar-refractivity contribution in [3.8, 4) is 5.75 Å². The zero-order valence-corrected chi connectivity index (χ0v) is 9.01. The average Bonchev–Trinajstić information content (AvgIpc) is 2.37. The van der Waals surface area contributed by atoms with Crippen molar-refractivity contribution in [1.82, 2.24) is 0 Å². The summed E-state index contributed by atoms with van der Waals surface area (Å²) in [4.78, 5) is 11.0. The Hall–Kier alpha value is -1.78. The molecule has 0 aliphatic rings. The monoisotopic (exact) mass is 244 g/mol. The number of halogens is 3. The Bertz CT molecular complexity index is 430. The molecule has 0 atom stereocenters. The normalized spacial score (nSPS) is 10.1. The lowest BCUT2D eigenvalue weighted by molar-refractivity contribution is -0.129. The molecule has 0 saturated carbocycles. The Morgan fingerprint density at radius 2 is 1.82 bits per heavy atom. The number of carbonyl (C=O) groups excluding carboxylic acids is 1. The van der Waals surface area contributed by atoms with Gasteiger partial charge in [-0.15, -0.1) is 0 Å². The van der Waals surface area contributed by atoms with E-state index >= 15 is 0 Å². The Morgan fingerprint density at radius 3 is 2.29 bits per heavy atom. The van der Waals surface area contributed by atoms with Gasteiger partial charge in [-0.25, -0.2) is 18.0 Å². The fourth-order valence-corrected chi connectivity index (χ4v) is 1.40. The maximum absolute atomic E-state index is 12.8. The third kappa shape index (κ3) is 2.87. The van der Waals surface area contributed by atoms with Crippen LogP contribution < -0.4 is 4.74 Å². The molecule has 1 aromatic carbocycles. The standard InChI is InChI=1S/C12H11F3O2/c1-2-12(16)17-11-4-3-8(5-13)9(6-14)10(11)7-15/h2-4H,1,5-7H2. The first-order valence-electron chi connectivity index (χ1n) is 4.83. The minimum Gasteiger partial charge on any atom is -0.423 e. The van der Waals surface area contributed by atoms with E-state index in [4.69, 9.17) is 4.74 Å². The summed E-state index contributed by atoms with van der Waals surface area (Å²) in [7, 11) is 0. The van der Waals surface area contributed by atoms with Gasteiger partial charge in [-0.3, -0.25) is 0 Å². The van der Waals surface area contributed by atoms with Gasteiger partial charge in [0.2, 0.25) is 0 Å². The van der Waals surface area contributed by atoms with Crippen LogP contribution >= 0.6 is 0 Å².